The van der Waals surface area contributed by atoms with Crippen LogP contribution in [-0.2, 0) is 16.4 Å². The lowest BCUT2D eigenvalue weighted by molar-refractivity contribution is 0.507. The highest BCUT2D eigenvalue weighted by atomic mass is 32.2. The number of hydrogen-bond acceptors (Lipinski definition) is 4. The molecule has 0 aliphatic heterocycles. The predicted octanol–water partition coefficient (Wildman–Crippen LogP) is 1.14. The molecule has 4 nitrogen and oxygen atoms in total. The molecule has 5 heteroatoms. The number of nitrogens with zero attached hydrogens (tertiary/aromatic N) is 1. The molecular formula is C12H18N2O2S. The molecule has 1 saturated carbocycles. The fourth-order valence-corrected chi connectivity index (χ4v) is 3.85. The molecule has 0 spiro atoms. The fraction of sp³-hybridized carbons (Fsp3) is 0.583. The summed E-state index contributed by atoms with van der Waals surface area (Å²) in [4.78, 5) is 4.04. The van der Waals surface area contributed by atoms with Gasteiger partial charge in [-0.3, -0.25) is 4.98 Å². The summed E-state index contributed by atoms with van der Waals surface area (Å²) in [5.74, 6) is 0. The molecule has 1 fully saturated rings. The van der Waals surface area contributed by atoms with Gasteiger partial charge in [-0.15, -0.1) is 0 Å². The first kappa shape index (κ1) is 12.5. The zero-order chi connectivity index (χ0) is 12.3. The highest BCUT2D eigenvalue weighted by molar-refractivity contribution is 7.91. The average molecular weight is 254 g/mol. The van der Waals surface area contributed by atoms with Crippen LogP contribution in [0.2, 0.25) is 0 Å². The molecule has 1 aromatic heterocycles. The second kappa shape index (κ2) is 5.14. The van der Waals surface area contributed by atoms with E-state index in [0.29, 0.717) is 6.54 Å². The number of hydrogen-bond donors (Lipinski definition) is 1. The lowest BCUT2D eigenvalue weighted by atomic mass is 10.2. The Hall–Kier alpha value is -0.940. The molecule has 2 atom stereocenters. The van der Waals surface area contributed by atoms with Crippen LogP contribution in [0, 0.1) is 0 Å². The maximum absolute atomic E-state index is 11.6. The predicted molar refractivity (Wildman–Crippen MR) is 67.3 cm³/mol. The normalized spacial score (nSPS) is 25.0. The van der Waals surface area contributed by atoms with Crippen molar-refractivity contribution in [2.45, 2.75) is 37.1 Å². The Kier molecular flexibility index (Phi) is 3.79. The zero-order valence-corrected chi connectivity index (χ0v) is 10.8. The van der Waals surface area contributed by atoms with Crippen molar-refractivity contribution in [3.63, 3.8) is 0 Å². The number of nitrogens with one attached hydrogen (secondary N) is 1. The summed E-state index contributed by atoms with van der Waals surface area (Å²) in [5, 5.41) is 3.11. The molecule has 1 N–H and O–H groups in total. The first-order chi connectivity index (χ1) is 8.07. The van der Waals surface area contributed by atoms with Crippen molar-refractivity contribution in [2.75, 3.05) is 6.26 Å². The summed E-state index contributed by atoms with van der Waals surface area (Å²) >= 11 is 0. The van der Waals surface area contributed by atoms with Crippen molar-refractivity contribution < 1.29 is 8.42 Å². The summed E-state index contributed by atoms with van der Waals surface area (Å²) in [6.07, 6.45) is 7.58. The van der Waals surface area contributed by atoms with Crippen LogP contribution in [0.1, 0.15) is 24.8 Å². The van der Waals surface area contributed by atoms with Crippen LogP contribution >= 0.6 is 0 Å². The Bertz CT molecular complexity index is 459. The van der Waals surface area contributed by atoms with Gasteiger partial charge in [0.1, 0.15) is 0 Å². The molecule has 1 aromatic rings. The topological polar surface area (TPSA) is 59.1 Å². The van der Waals surface area contributed by atoms with E-state index in [1.807, 2.05) is 12.1 Å². The Morgan fingerprint density at radius 2 is 2.29 bits per heavy atom. The van der Waals surface area contributed by atoms with Gasteiger partial charge in [-0.25, -0.2) is 8.42 Å². The molecule has 1 aliphatic rings. The summed E-state index contributed by atoms with van der Waals surface area (Å²) < 4.78 is 23.2. The van der Waals surface area contributed by atoms with E-state index >= 15 is 0 Å². The Balaban J connectivity index is 1.95. The van der Waals surface area contributed by atoms with Gasteiger partial charge < -0.3 is 5.32 Å². The van der Waals surface area contributed by atoms with E-state index in [0.717, 1.165) is 24.8 Å². The quantitative estimate of drug-likeness (QED) is 0.875. The Morgan fingerprint density at radius 3 is 2.94 bits per heavy atom. The smallest absolute Gasteiger partial charge is 0.151 e. The molecule has 17 heavy (non-hydrogen) atoms. The lowest BCUT2D eigenvalue weighted by Gasteiger charge is -2.19. The van der Waals surface area contributed by atoms with E-state index in [1.54, 1.807) is 12.4 Å². The van der Waals surface area contributed by atoms with Crippen LogP contribution in [0.5, 0.6) is 0 Å². The van der Waals surface area contributed by atoms with E-state index in [-0.39, 0.29) is 11.3 Å². The molecular weight excluding hydrogens is 236 g/mol. The molecule has 2 unspecified atom stereocenters. The Labute approximate surface area is 102 Å². The number of aromatic nitrogens is 1. The number of pyridine rings is 1. The van der Waals surface area contributed by atoms with Gasteiger partial charge in [0, 0.05) is 31.2 Å². The first-order valence-electron chi connectivity index (χ1n) is 5.88. The van der Waals surface area contributed by atoms with Crippen LogP contribution in [0.3, 0.4) is 0 Å². The SMILES string of the molecule is CS(=O)(=O)C1CCCC1NCc1cccnc1. The van der Waals surface area contributed by atoms with Crippen molar-refractivity contribution in [1.29, 1.82) is 0 Å². The molecule has 0 amide bonds. The van der Waals surface area contributed by atoms with Crippen LogP contribution in [-0.4, -0.2) is 30.9 Å². The van der Waals surface area contributed by atoms with E-state index in [1.165, 1.54) is 6.26 Å². The third-order valence-corrected chi connectivity index (χ3v) is 4.96. The van der Waals surface area contributed by atoms with Gasteiger partial charge in [-0.05, 0) is 24.5 Å². The van der Waals surface area contributed by atoms with Crippen molar-refractivity contribution in [3.8, 4) is 0 Å². The molecule has 0 radical (unpaired) electrons. The third-order valence-electron chi connectivity index (χ3n) is 3.29. The summed E-state index contributed by atoms with van der Waals surface area (Å²) in [5.41, 5.74) is 1.09. The minimum atomic E-state index is -2.93. The van der Waals surface area contributed by atoms with Gasteiger partial charge in [0.2, 0.25) is 0 Å². The van der Waals surface area contributed by atoms with E-state index in [9.17, 15) is 8.42 Å². The Morgan fingerprint density at radius 1 is 1.47 bits per heavy atom. The molecule has 2 rings (SSSR count). The lowest BCUT2D eigenvalue weighted by Crippen LogP contribution is -2.39. The van der Waals surface area contributed by atoms with Gasteiger partial charge in [-0.2, -0.15) is 0 Å². The highest BCUT2D eigenvalue weighted by Crippen LogP contribution is 2.25. The molecule has 0 bridgehead atoms. The van der Waals surface area contributed by atoms with Crippen molar-refractivity contribution in [2.24, 2.45) is 0 Å². The second-order valence-corrected chi connectivity index (χ2v) is 6.91. The maximum Gasteiger partial charge on any atom is 0.151 e. The van der Waals surface area contributed by atoms with Gasteiger partial charge in [0.25, 0.3) is 0 Å². The number of rotatable bonds is 4. The van der Waals surface area contributed by atoms with Gasteiger partial charge in [-0.1, -0.05) is 12.5 Å². The van der Waals surface area contributed by atoms with Crippen LogP contribution in [0.25, 0.3) is 0 Å². The first-order valence-corrected chi connectivity index (χ1v) is 7.84. The van der Waals surface area contributed by atoms with Gasteiger partial charge in [0.15, 0.2) is 9.84 Å². The monoisotopic (exact) mass is 254 g/mol. The van der Waals surface area contributed by atoms with E-state index in [4.69, 9.17) is 0 Å². The molecule has 0 saturated heterocycles. The summed E-state index contributed by atoms with van der Waals surface area (Å²) in [6.45, 7) is 0.685. The van der Waals surface area contributed by atoms with E-state index in [2.05, 4.69) is 10.3 Å². The molecule has 94 valence electrons. The average Bonchev–Trinajstić information content (AvgIpc) is 2.75. The standard InChI is InChI=1S/C12H18N2O2S/c1-17(15,16)12-6-2-5-11(12)14-9-10-4-3-7-13-8-10/h3-4,7-8,11-12,14H,2,5-6,9H2,1H3. The summed E-state index contributed by atoms with van der Waals surface area (Å²) in [7, 11) is -2.93. The number of sulfone groups is 1. The van der Waals surface area contributed by atoms with Crippen LogP contribution in [0.4, 0.5) is 0 Å². The highest BCUT2D eigenvalue weighted by Gasteiger charge is 2.34. The molecule has 0 aromatic carbocycles. The van der Waals surface area contributed by atoms with Crippen molar-refractivity contribution in [3.05, 3.63) is 30.1 Å². The second-order valence-electron chi connectivity index (χ2n) is 4.65. The van der Waals surface area contributed by atoms with Crippen LogP contribution < -0.4 is 5.32 Å². The van der Waals surface area contributed by atoms with Gasteiger partial charge >= 0.3 is 0 Å². The van der Waals surface area contributed by atoms with Crippen molar-refractivity contribution in [1.82, 2.24) is 10.3 Å². The summed E-state index contributed by atoms with van der Waals surface area (Å²) in [6, 6.07) is 3.97. The fourth-order valence-electron chi connectivity index (χ4n) is 2.42. The minimum absolute atomic E-state index is 0.0882. The maximum atomic E-state index is 11.6. The van der Waals surface area contributed by atoms with E-state index < -0.39 is 9.84 Å². The minimum Gasteiger partial charge on any atom is -0.309 e. The molecule has 1 heterocycles. The van der Waals surface area contributed by atoms with Crippen molar-refractivity contribution >= 4 is 9.84 Å². The largest absolute Gasteiger partial charge is 0.309 e. The zero-order valence-electron chi connectivity index (χ0n) is 9.96. The van der Waals surface area contributed by atoms with Gasteiger partial charge in [0.05, 0.1) is 5.25 Å². The van der Waals surface area contributed by atoms with Crippen LogP contribution in [0.15, 0.2) is 24.5 Å². The molecule has 1 aliphatic carbocycles. The third kappa shape index (κ3) is 3.26.